The summed E-state index contributed by atoms with van der Waals surface area (Å²) in [6, 6.07) is 0. The van der Waals surface area contributed by atoms with Crippen LogP contribution in [0.5, 0.6) is 0 Å². The molecule has 82 valence electrons. The zero-order valence-electron chi connectivity index (χ0n) is 7.97. The van der Waals surface area contributed by atoms with Crippen LogP contribution >= 0.6 is 0 Å². The van der Waals surface area contributed by atoms with Gasteiger partial charge in [-0.15, -0.1) is 0 Å². The van der Waals surface area contributed by atoms with Gasteiger partial charge in [0.1, 0.15) is 0 Å². The normalized spacial score (nSPS) is 20.7. The van der Waals surface area contributed by atoms with Crippen LogP contribution in [-0.2, 0) is 4.79 Å². The molecule has 0 aromatic carbocycles. The predicted octanol–water partition coefficient (Wildman–Crippen LogP) is 0.713. The first-order valence-electron chi connectivity index (χ1n) is 4.46. The van der Waals surface area contributed by atoms with Crippen LogP contribution in [0.4, 0.5) is 13.2 Å². The van der Waals surface area contributed by atoms with E-state index in [-0.39, 0.29) is 13.1 Å². The number of hydrogen-bond acceptors (Lipinski definition) is 2. The third kappa shape index (κ3) is 2.87. The summed E-state index contributed by atoms with van der Waals surface area (Å²) in [5.74, 6) is -1.72. The third-order valence-corrected chi connectivity index (χ3v) is 2.25. The summed E-state index contributed by atoms with van der Waals surface area (Å²) >= 11 is 0. The fourth-order valence-corrected chi connectivity index (χ4v) is 1.43. The van der Waals surface area contributed by atoms with E-state index in [1.807, 2.05) is 11.9 Å². The highest BCUT2D eigenvalue weighted by Gasteiger charge is 2.42. The van der Waals surface area contributed by atoms with Crippen LogP contribution < -0.4 is 0 Å². The molecule has 6 heteroatoms. The molecule has 0 unspecified atom stereocenters. The van der Waals surface area contributed by atoms with Crippen LogP contribution in [-0.4, -0.2) is 55.1 Å². The van der Waals surface area contributed by atoms with Crippen LogP contribution in [0, 0.1) is 0 Å². The van der Waals surface area contributed by atoms with Crippen LogP contribution in [0.3, 0.4) is 0 Å². The van der Waals surface area contributed by atoms with Crippen molar-refractivity contribution in [1.29, 1.82) is 0 Å². The van der Waals surface area contributed by atoms with Gasteiger partial charge < -0.3 is 9.80 Å². The number of nitrogens with zero attached hydrogens (tertiary/aromatic N) is 2. The predicted molar refractivity (Wildman–Crippen MR) is 44.7 cm³/mol. The van der Waals surface area contributed by atoms with E-state index in [9.17, 15) is 18.0 Å². The van der Waals surface area contributed by atoms with Gasteiger partial charge in [0, 0.05) is 19.6 Å². The van der Waals surface area contributed by atoms with E-state index in [0.717, 1.165) is 11.4 Å². The van der Waals surface area contributed by atoms with E-state index in [0.29, 0.717) is 13.0 Å². The number of alkyl halides is 3. The second kappa shape index (κ2) is 4.16. The van der Waals surface area contributed by atoms with E-state index in [1.165, 1.54) is 0 Å². The molecule has 1 aliphatic heterocycles. The number of halogens is 3. The Morgan fingerprint density at radius 1 is 1.14 bits per heavy atom. The molecule has 3 nitrogen and oxygen atoms in total. The minimum Gasteiger partial charge on any atom is -0.334 e. The highest BCUT2D eigenvalue weighted by atomic mass is 19.4. The molecule has 0 aliphatic carbocycles. The fraction of sp³-hybridized carbons (Fsp3) is 0.875. The minimum absolute atomic E-state index is 0.162. The third-order valence-electron chi connectivity index (χ3n) is 2.25. The molecule has 1 aliphatic rings. The van der Waals surface area contributed by atoms with Gasteiger partial charge in [0.25, 0.3) is 0 Å². The summed E-state index contributed by atoms with van der Waals surface area (Å²) in [6.07, 6.45) is -4.14. The zero-order valence-corrected chi connectivity index (χ0v) is 7.97. The van der Waals surface area contributed by atoms with E-state index in [2.05, 4.69) is 0 Å². The Labute approximate surface area is 80.5 Å². The van der Waals surface area contributed by atoms with Crippen LogP contribution in [0.15, 0.2) is 0 Å². The Balaban J connectivity index is 2.56. The van der Waals surface area contributed by atoms with Crippen LogP contribution in [0.2, 0.25) is 0 Å². The first kappa shape index (κ1) is 11.3. The van der Waals surface area contributed by atoms with Crippen molar-refractivity contribution in [2.45, 2.75) is 12.6 Å². The van der Waals surface area contributed by atoms with Gasteiger partial charge in [0.05, 0.1) is 0 Å². The average Bonchev–Trinajstić information content (AvgIpc) is 2.27. The lowest BCUT2D eigenvalue weighted by Crippen LogP contribution is -2.42. The van der Waals surface area contributed by atoms with Crippen molar-refractivity contribution in [3.05, 3.63) is 0 Å². The van der Waals surface area contributed by atoms with Gasteiger partial charge >= 0.3 is 12.1 Å². The van der Waals surface area contributed by atoms with Crippen molar-refractivity contribution in [2.24, 2.45) is 0 Å². The lowest BCUT2D eigenvalue weighted by Gasteiger charge is -2.21. The monoisotopic (exact) mass is 210 g/mol. The first-order valence-corrected chi connectivity index (χ1v) is 4.46. The molecule has 0 saturated carbocycles. The maximum Gasteiger partial charge on any atom is 0.471 e. The SMILES string of the molecule is CN1CCCN(C(=O)C(F)(F)F)CC1. The standard InChI is InChI=1S/C8H13F3N2O/c1-12-3-2-4-13(6-5-12)7(14)8(9,10)11/h2-6H2,1H3. The summed E-state index contributed by atoms with van der Waals surface area (Å²) in [5.41, 5.74) is 0. The smallest absolute Gasteiger partial charge is 0.334 e. The molecule has 1 fully saturated rings. The molecule has 0 spiro atoms. The second-order valence-electron chi connectivity index (χ2n) is 3.45. The maximum atomic E-state index is 12.1. The second-order valence-corrected chi connectivity index (χ2v) is 3.45. The number of hydrogen-bond donors (Lipinski definition) is 0. The molecule has 1 saturated heterocycles. The highest BCUT2D eigenvalue weighted by Crippen LogP contribution is 2.19. The topological polar surface area (TPSA) is 23.6 Å². The van der Waals surface area contributed by atoms with Crippen molar-refractivity contribution >= 4 is 5.91 Å². The average molecular weight is 210 g/mol. The van der Waals surface area contributed by atoms with Gasteiger partial charge in [-0.3, -0.25) is 4.79 Å². The zero-order chi connectivity index (χ0) is 10.8. The van der Waals surface area contributed by atoms with Crippen LogP contribution in [0.25, 0.3) is 0 Å². The van der Waals surface area contributed by atoms with Crippen molar-refractivity contribution in [3.8, 4) is 0 Å². The van der Waals surface area contributed by atoms with Gasteiger partial charge in [0.15, 0.2) is 0 Å². The number of carbonyl (C=O) groups excluding carboxylic acids is 1. The summed E-state index contributed by atoms with van der Waals surface area (Å²) in [4.78, 5) is 13.7. The molecular formula is C8H13F3N2O. The number of rotatable bonds is 0. The lowest BCUT2D eigenvalue weighted by molar-refractivity contribution is -0.185. The highest BCUT2D eigenvalue weighted by molar-refractivity contribution is 5.81. The molecule has 0 atom stereocenters. The largest absolute Gasteiger partial charge is 0.471 e. The molecule has 1 heterocycles. The molecule has 14 heavy (non-hydrogen) atoms. The van der Waals surface area contributed by atoms with Crippen LogP contribution in [0.1, 0.15) is 6.42 Å². The molecular weight excluding hydrogens is 197 g/mol. The van der Waals surface area contributed by atoms with Crippen molar-refractivity contribution < 1.29 is 18.0 Å². The first-order chi connectivity index (χ1) is 6.41. The Morgan fingerprint density at radius 3 is 2.36 bits per heavy atom. The van der Waals surface area contributed by atoms with Gasteiger partial charge in [-0.05, 0) is 20.0 Å². The molecule has 0 radical (unpaired) electrons. The molecule has 1 rings (SSSR count). The van der Waals surface area contributed by atoms with Gasteiger partial charge in [-0.1, -0.05) is 0 Å². The summed E-state index contributed by atoms with van der Waals surface area (Å²) in [5, 5.41) is 0. The van der Waals surface area contributed by atoms with E-state index in [4.69, 9.17) is 0 Å². The Hall–Kier alpha value is -0.780. The Bertz CT molecular complexity index is 217. The fourth-order valence-electron chi connectivity index (χ4n) is 1.43. The van der Waals surface area contributed by atoms with Gasteiger partial charge in [0.2, 0.25) is 0 Å². The van der Waals surface area contributed by atoms with E-state index < -0.39 is 12.1 Å². The lowest BCUT2D eigenvalue weighted by atomic mass is 10.4. The number of likely N-dealkylation sites (N-methyl/N-ethyl adjacent to an activating group) is 1. The Kier molecular flexibility index (Phi) is 3.36. The van der Waals surface area contributed by atoms with E-state index in [1.54, 1.807) is 0 Å². The number of carbonyl (C=O) groups is 1. The molecule has 0 aromatic heterocycles. The van der Waals surface area contributed by atoms with E-state index >= 15 is 0 Å². The maximum absolute atomic E-state index is 12.1. The van der Waals surface area contributed by atoms with Crippen molar-refractivity contribution in [2.75, 3.05) is 33.2 Å². The van der Waals surface area contributed by atoms with Crippen molar-refractivity contribution in [3.63, 3.8) is 0 Å². The molecule has 0 bridgehead atoms. The van der Waals surface area contributed by atoms with Gasteiger partial charge in [-0.2, -0.15) is 13.2 Å². The Morgan fingerprint density at radius 2 is 1.79 bits per heavy atom. The van der Waals surface area contributed by atoms with Crippen molar-refractivity contribution in [1.82, 2.24) is 9.80 Å². The summed E-state index contributed by atoms with van der Waals surface area (Å²) in [7, 11) is 1.83. The van der Waals surface area contributed by atoms with Gasteiger partial charge in [-0.25, -0.2) is 0 Å². The molecule has 0 N–H and O–H groups in total. The minimum atomic E-state index is -4.73. The summed E-state index contributed by atoms with van der Waals surface area (Å²) in [6.45, 7) is 1.60. The number of amides is 1. The molecule has 1 amide bonds. The quantitative estimate of drug-likeness (QED) is 0.588. The summed E-state index contributed by atoms with van der Waals surface area (Å²) < 4.78 is 36.2. The molecule has 0 aromatic rings.